The Balaban J connectivity index is 1.65. The number of aryl methyl sites for hydroxylation is 1. The lowest BCUT2D eigenvalue weighted by Crippen LogP contribution is -2.15. The third kappa shape index (κ3) is 5.57. The highest BCUT2D eigenvalue weighted by atomic mass is 35.5. The summed E-state index contributed by atoms with van der Waals surface area (Å²) in [5.41, 5.74) is 0.852. The zero-order valence-corrected chi connectivity index (χ0v) is 19.3. The minimum Gasteiger partial charge on any atom is -0.481 e. The van der Waals surface area contributed by atoms with Crippen molar-refractivity contribution in [3.05, 3.63) is 69.0 Å². The monoisotopic (exact) mass is 475 g/mol. The van der Waals surface area contributed by atoms with Crippen LogP contribution in [0, 0.1) is 17.0 Å². The van der Waals surface area contributed by atoms with Gasteiger partial charge < -0.3 is 14.6 Å². The fourth-order valence-electron chi connectivity index (χ4n) is 3.00. The lowest BCUT2D eigenvalue weighted by Gasteiger charge is -2.16. The normalized spacial score (nSPS) is 11.8. The van der Waals surface area contributed by atoms with Crippen LogP contribution in [0.1, 0.15) is 31.3 Å². The van der Waals surface area contributed by atoms with Crippen LogP contribution in [0.25, 0.3) is 0 Å². The van der Waals surface area contributed by atoms with Crippen molar-refractivity contribution >= 4 is 40.6 Å². The van der Waals surface area contributed by atoms with E-state index in [0.29, 0.717) is 39.5 Å². The van der Waals surface area contributed by atoms with E-state index < -0.39 is 11.0 Å². The van der Waals surface area contributed by atoms with E-state index in [1.54, 1.807) is 31.2 Å². The molecular weight excluding hydrogens is 454 g/mol. The molecule has 0 bridgehead atoms. The van der Waals surface area contributed by atoms with Gasteiger partial charge in [0.1, 0.15) is 5.75 Å². The Hall–Kier alpha value is -3.11. The van der Waals surface area contributed by atoms with Crippen LogP contribution in [-0.2, 0) is 11.3 Å². The number of thioether (sulfide) groups is 1. The number of nitro benzene ring substituents is 1. The number of para-hydroxylation sites is 1. The van der Waals surface area contributed by atoms with Crippen molar-refractivity contribution in [1.29, 1.82) is 0 Å². The van der Waals surface area contributed by atoms with Gasteiger partial charge in [0.2, 0.25) is 5.91 Å². The highest BCUT2D eigenvalue weighted by Gasteiger charge is 2.20. The van der Waals surface area contributed by atoms with Gasteiger partial charge in [-0.2, -0.15) is 0 Å². The standard InChI is InChI=1S/C21H22ClN5O4S/c1-4-26-20(14(3)31-18-8-6-5-7-16(18)22)24-25-21(26)32-12-19(28)23-15-10-9-13(2)17(11-15)27(29)30/h5-11,14H,4,12H2,1-3H3,(H,23,28)/t14-/m0/s1. The van der Waals surface area contributed by atoms with Gasteiger partial charge in [0.25, 0.3) is 5.69 Å². The molecule has 32 heavy (non-hydrogen) atoms. The number of aromatic nitrogens is 3. The third-order valence-corrected chi connectivity index (χ3v) is 5.87. The molecule has 0 fully saturated rings. The zero-order valence-electron chi connectivity index (χ0n) is 17.7. The first-order valence-electron chi connectivity index (χ1n) is 9.82. The quantitative estimate of drug-likeness (QED) is 0.262. The molecule has 0 unspecified atom stereocenters. The van der Waals surface area contributed by atoms with E-state index >= 15 is 0 Å². The number of nitrogens with one attached hydrogen (secondary N) is 1. The summed E-state index contributed by atoms with van der Waals surface area (Å²) in [7, 11) is 0. The van der Waals surface area contributed by atoms with Gasteiger partial charge in [-0.25, -0.2) is 0 Å². The third-order valence-electron chi connectivity index (χ3n) is 4.59. The lowest BCUT2D eigenvalue weighted by molar-refractivity contribution is -0.385. The smallest absolute Gasteiger partial charge is 0.274 e. The maximum atomic E-state index is 12.4. The molecule has 0 radical (unpaired) electrons. The number of nitro groups is 1. The first kappa shape index (κ1) is 23.6. The number of nitrogens with zero attached hydrogens (tertiary/aromatic N) is 4. The Morgan fingerprint density at radius 1 is 1.31 bits per heavy atom. The van der Waals surface area contributed by atoms with Gasteiger partial charge in [-0.15, -0.1) is 10.2 Å². The molecule has 1 N–H and O–H groups in total. The van der Waals surface area contributed by atoms with E-state index in [2.05, 4.69) is 15.5 Å². The number of anilines is 1. The first-order chi connectivity index (χ1) is 15.3. The SMILES string of the molecule is CCn1c(SCC(=O)Nc2ccc(C)c([N+](=O)[O-])c2)nnc1[C@H](C)Oc1ccccc1Cl. The number of rotatable bonds is 9. The molecule has 1 heterocycles. The number of amides is 1. The molecule has 3 rings (SSSR count). The molecule has 9 nitrogen and oxygen atoms in total. The molecule has 0 aliphatic heterocycles. The molecule has 0 spiro atoms. The summed E-state index contributed by atoms with van der Waals surface area (Å²) in [6.07, 6.45) is -0.404. The van der Waals surface area contributed by atoms with E-state index in [9.17, 15) is 14.9 Å². The van der Waals surface area contributed by atoms with Gasteiger partial charge >= 0.3 is 0 Å². The van der Waals surface area contributed by atoms with Crippen molar-refractivity contribution in [1.82, 2.24) is 14.8 Å². The van der Waals surface area contributed by atoms with Crippen LogP contribution in [0.15, 0.2) is 47.6 Å². The first-order valence-corrected chi connectivity index (χ1v) is 11.2. The van der Waals surface area contributed by atoms with Gasteiger partial charge in [-0.3, -0.25) is 14.9 Å². The molecule has 0 saturated heterocycles. The highest BCUT2D eigenvalue weighted by molar-refractivity contribution is 7.99. The predicted molar refractivity (Wildman–Crippen MR) is 123 cm³/mol. The Kier molecular flexibility index (Phi) is 7.70. The van der Waals surface area contributed by atoms with Gasteiger partial charge in [-0.1, -0.05) is 41.6 Å². The molecule has 0 aliphatic carbocycles. The van der Waals surface area contributed by atoms with Crippen molar-refractivity contribution < 1.29 is 14.5 Å². The second-order valence-corrected chi connectivity index (χ2v) is 8.22. The minimum absolute atomic E-state index is 0.0432. The number of benzene rings is 2. The fourth-order valence-corrected chi connectivity index (χ4v) is 3.99. The van der Waals surface area contributed by atoms with Crippen molar-refractivity contribution in [2.24, 2.45) is 0 Å². The van der Waals surface area contributed by atoms with Gasteiger partial charge in [0, 0.05) is 23.9 Å². The summed E-state index contributed by atoms with van der Waals surface area (Å²) < 4.78 is 7.80. The van der Waals surface area contributed by atoms with Crippen molar-refractivity contribution in [2.45, 2.75) is 38.6 Å². The van der Waals surface area contributed by atoms with E-state index in [1.807, 2.05) is 30.5 Å². The Labute approximate surface area is 194 Å². The predicted octanol–water partition coefficient (Wildman–Crippen LogP) is 5.04. The van der Waals surface area contributed by atoms with Gasteiger partial charge in [0.15, 0.2) is 17.1 Å². The van der Waals surface area contributed by atoms with Crippen LogP contribution in [0.2, 0.25) is 5.02 Å². The van der Waals surface area contributed by atoms with E-state index in [4.69, 9.17) is 16.3 Å². The topological polar surface area (TPSA) is 112 Å². The van der Waals surface area contributed by atoms with Gasteiger partial charge in [-0.05, 0) is 39.0 Å². The lowest BCUT2D eigenvalue weighted by atomic mass is 10.2. The minimum atomic E-state index is -0.475. The van der Waals surface area contributed by atoms with Crippen molar-refractivity contribution in [3.63, 3.8) is 0 Å². The largest absolute Gasteiger partial charge is 0.481 e. The number of halogens is 1. The number of carbonyl (C=O) groups excluding carboxylic acids is 1. The van der Waals surface area contributed by atoms with Crippen LogP contribution in [0.5, 0.6) is 5.75 Å². The van der Waals surface area contributed by atoms with E-state index in [0.717, 1.165) is 0 Å². The van der Waals surface area contributed by atoms with Crippen LogP contribution in [0.3, 0.4) is 0 Å². The molecule has 1 atom stereocenters. The Morgan fingerprint density at radius 2 is 2.06 bits per heavy atom. The molecule has 1 amide bonds. The van der Waals surface area contributed by atoms with Crippen molar-refractivity contribution in [3.8, 4) is 5.75 Å². The average molecular weight is 476 g/mol. The second-order valence-electron chi connectivity index (χ2n) is 6.87. The highest BCUT2D eigenvalue weighted by Crippen LogP contribution is 2.29. The number of carbonyl (C=O) groups is 1. The van der Waals surface area contributed by atoms with Crippen LogP contribution in [0.4, 0.5) is 11.4 Å². The zero-order chi connectivity index (χ0) is 23.3. The molecule has 2 aromatic carbocycles. The van der Waals surface area contributed by atoms with E-state index in [1.165, 1.54) is 17.8 Å². The number of ether oxygens (including phenoxy) is 1. The molecule has 1 aromatic heterocycles. The summed E-state index contributed by atoms with van der Waals surface area (Å²) in [4.78, 5) is 23.0. The maximum absolute atomic E-state index is 12.4. The molecule has 11 heteroatoms. The molecular formula is C21H22ClN5O4S. The Morgan fingerprint density at radius 3 is 2.75 bits per heavy atom. The summed E-state index contributed by atoms with van der Waals surface area (Å²) in [5.74, 6) is 0.929. The van der Waals surface area contributed by atoms with E-state index in [-0.39, 0.29) is 17.3 Å². The number of hydrogen-bond donors (Lipinski definition) is 1. The molecule has 0 saturated carbocycles. The van der Waals surface area contributed by atoms with Crippen LogP contribution >= 0.6 is 23.4 Å². The van der Waals surface area contributed by atoms with Gasteiger partial charge in [0.05, 0.1) is 15.7 Å². The summed E-state index contributed by atoms with van der Waals surface area (Å²) in [6, 6.07) is 11.8. The van der Waals surface area contributed by atoms with Crippen LogP contribution < -0.4 is 10.1 Å². The van der Waals surface area contributed by atoms with Crippen LogP contribution in [-0.4, -0.2) is 31.3 Å². The maximum Gasteiger partial charge on any atom is 0.274 e. The molecule has 168 valence electrons. The second kappa shape index (κ2) is 10.5. The Bertz CT molecular complexity index is 1140. The average Bonchev–Trinajstić information content (AvgIpc) is 3.18. The summed E-state index contributed by atoms with van der Waals surface area (Å²) in [5, 5.41) is 23.3. The number of hydrogen-bond acceptors (Lipinski definition) is 7. The molecule has 0 aliphatic rings. The van der Waals surface area contributed by atoms with Crippen molar-refractivity contribution in [2.75, 3.05) is 11.1 Å². The summed E-state index contributed by atoms with van der Waals surface area (Å²) >= 11 is 7.39. The summed E-state index contributed by atoms with van der Waals surface area (Å²) in [6.45, 7) is 6.04. The fraction of sp³-hybridized carbons (Fsp3) is 0.286. The molecule has 3 aromatic rings.